The molecule has 1 atom stereocenters. The van der Waals surface area contributed by atoms with Gasteiger partial charge in [0.2, 0.25) is 5.91 Å². The second kappa shape index (κ2) is 9.30. The van der Waals surface area contributed by atoms with Crippen molar-refractivity contribution in [1.82, 2.24) is 15.5 Å². The SMILES string of the molecule is CN=C(NCC(=O)N(C)CC(F)(F)F)NC(C)c1cc(C)ccc1OC. The van der Waals surface area contributed by atoms with Crippen LogP contribution >= 0.6 is 0 Å². The van der Waals surface area contributed by atoms with Gasteiger partial charge in [-0.3, -0.25) is 9.79 Å². The Balaban J connectivity index is 2.68. The lowest BCUT2D eigenvalue weighted by Gasteiger charge is -2.22. The van der Waals surface area contributed by atoms with Crippen LogP contribution in [0.4, 0.5) is 13.2 Å². The van der Waals surface area contributed by atoms with Crippen LogP contribution in [-0.2, 0) is 4.79 Å². The number of carbonyl (C=O) groups is 1. The summed E-state index contributed by atoms with van der Waals surface area (Å²) < 4.78 is 42.3. The lowest BCUT2D eigenvalue weighted by atomic mass is 10.0. The van der Waals surface area contributed by atoms with Crippen LogP contribution in [0.25, 0.3) is 0 Å². The van der Waals surface area contributed by atoms with Gasteiger partial charge in [-0.05, 0) is 19.9 Å². The predicted octanol–water partition coefficient (Wildman–Crippen LogP) is 2.25. The van der Waals surface area contributed by atoms with E-state index in [1.54, 1.807) is 7.11 Å². The number of carbonyl (C=O) groups excluding carboxylic acids is 1. The van der Waals surface area contributed by atoms with Crippen molar-refractivity contribution < 1.29 is 22.7 Å². The van der Waals surface area contributed by atoms with E-state index in [1.807, 2.05) is 32.0 Å². The van der Waals surface area contributed by atoms with E-state index in [-0.39, 0.29) is 12.6 Å². The molecule has 1 unspecified atom stereocenters. The van der Waals surface area contributed by atoms with Crippen LogP contribution in [0.5, 0.6) is 5.75 Å². The predicted molar refractivity (Wildman–Crippen MR) is 94.3 cm³/mol. The van der Waals surface area contributed by atoms with Crippen LogP contribution in [0.3, 0.4) is 0 Å². The van der Waals surface area contributed by atoms with Gasteiger partial charge in [-0.1, -0.05) is 17.7 Å². The highest BCUT2D eigenvalue weighted by atomic mass is 19.4. The molecule has 6 nitrogen and oxygen atoms in total. The Bertz CT molecular complexity index is 647. The zero-order valence-electron chi connectivity index (χ0n) is 15.6. The quantitative estimate of drug-likeness (QED) is 0.592. The van der Waals surface area contributed by atoms with Crippen molar-refractivity contribution in [3.8, 4) is 5.75 Å². The van der Waals surface area contributed by atoms with Gasteiger partial charge in [0.15, 0.2) is 5.96 Å². The summed E-state index contributed by atoms with van der Waals surface area (Å²) in [6.45, 7) is 2.25. The molecule has 0 aliphatic carbocycles. The topological polar surface area (TPSA) is 66.0 Å². The summed E-state index contributed by atoms with van der Waals surface area (Å²) in [5.41, 5.74) is 1.96. The Kier molecular flexibility index (Phi) is 7.73. The minimum Gasteiger partial charge on any atom is -0.496 e. The maximum atomic E-state index is 12.3. The van der Waals surface area contributed by atoms with Crippen LogP contribution in [0.15, 0.2) is 23.2 Å². The number of hydrogen-bond donors (Lipinski definition) is 2. The first-order valence-corrected chi connectivity index (χ1v) is 7.99. The fourth-order valence-electron chi connectivity index (χ4n) is 2.32. The number of benzene rings is 1. The lowest BCUT2D eigenvalue weighted by Crippen LogP contribution is -2.46. The van der Waals surface area contributed by atoms with Crippen LogP contribution in [0, 0.1) is 6.92 Å². The molecule has 0 heterocycles. The number of likely N-dealkylation sites (N-methyl/N-ethyl adjacent to an activating group) is 1. The van der Waals surface area contributed by atoms with Crippen molar-refractivity contribution in [2.24, 2.45) is 4.99 Å². The highest BCUT2D eigenvalue weighted by Gasteiger charge is 2.31. The Morgan fingerprint density at radius 3 is 2.58 bits per heavy atom. The first-order chi connectivity index (χ1) is 12.1. The molecule has 0 aromatic heterocycles. The molecule has 26 heavy (non-hydrogen) atoms. The third-order valence-electron chi connectivity index (χ3n) is 3.68. The smallest absolute Gasteiger partial charge is 0.406 e. The van der Waals surface area contributed by atoms with Gasteiger partial charge in [-0.25, -0.2) is 0 Å². The van der Waals surface area contributed by atoms with Crippen molar-refractivity contribution in [2.45, 2.75) is 26.1 Å². The number of amides is 1. The van der Waals surface area contributed by atoms with Crippen LogP contribution in [-0.4, -0.2) is 57.2 Å². The minimum absolute atomic E-state index is 0.195. The Labute approximate surface area is 151 Å². The summed E-state index contributed by atoms with van der Waals surface area (Å²) in [6.07, 6.45) is -4.43. The summed E-state index contributed by atoms with van der Waals surface area (Å²) in [5, 5.41) is 5.82. The summed E-state index contributed by atoms with van der Waals surface area (Å²) in [6, 6.07) is 5.55. The third kappa shape index (κ3) is 6.81. The lowest BCUT2D eigenvalue weighted by molar-refractivity contribution is -0.157. The third-order valence-corrected chi connectivity index (χ3v) is 3.68. The second-order valence-electron chi connectivity index (χ2n) is 5.90. The van der Waals surface area contributed by atoms with E-state index in [1.165, 1.54) is 7.05 Å². The number of hydrogen-bond acceptors (Lipinski definition) is 3. The van der Waals surface area contributed by atoms with E-state index in [0.29, 0.717) is 16.6 Å². The fourth-order valence-corrected chi connectivity index (χ4v) is 2.32. The molecule has 1 amide bonds. The molecule has 146 valence electrons. The summed E-state index contributed by atoms with van der Waals surface area (Å²) in [4.78, 5) is 16.4. The molecule has 0 aliphatic heterocycles. The Hall–Kier alpha value is -2.45. The number of halogens is 3. The molecule has 1 aromatic carbocycles. The maximum Gasteiger partial charge on any atom is 0.406 e. The van der Waals surface area contributed by atoms with Crippen LogP contribution < -0.4 is 15.4 Å². The first kappa shape index (κ1) is 21.6. The van der Waals surface area contributed by atoms with Crippen molar-refractivity contribution >= 4 is 11.9 Å². The molecule has 0 aliphatic rings. The van der Waals surface area contributed by atoms with Gasteiger partial charge in [-0.2, -0.15) is 13.2 Å². The molecule has 2 N–H and O–H groups in total. The Morgan fingerprint density at radius 1 is 1.38 bits per heavy atom. The highest BCUT2D eigenvalue weighted by Crippen LogP contribution is 2.25. The average molecular weight is 374 g/mol. The van der Waals surface area contributed by atoms with Gasteiger partial charge in [0, 0.05) is 19.7 Å². The molecular weight excluding hydrogens is 349 g/mol. The summed E-state index contributed by atoms with van der Waals surface area (Å²) in [7, 11) is 4.19. The zero-order valence-corrected chi connectivity index (χ0v) is 15.6. The molecular formula is C17H25F3N4O2. The van der Waals surface area contributed by atoms with Gasteiger partial charge < -0.3 is 20.3 Å². The molecule has 0 saturated heterocycles. The molecule has 0 spiro atoms. The van der Waals surface area contributed by atoms with Crippen molar-refractivity contribution in [3.63, 3.8) is 0 Å². The highest BCUT2D eigenvalue weighted by molar-refractivity contribution is 5.86. The summed E-state index contributed by atoms with van der Waals surface area (Å²) in [5.74, 6) is 0.313. The molecule has 1 rings (SSSR count). The number of nitrogens with zero attached hydrogens (tertiary/aromatic N) is 2. The molecule has 0 bridgehead atoms. The van der Waals surface area contributed by atoms with Gasteiger partial charge in [0.05, 0.1) is 19.7 Å². The van der Waals surface area contributed by atoms with Crippen molar-refractivity contribution in [1.29, 1.82) is 0 Å². The maximum absolute atomic E-state index is 12.3. The van der Waals surface area contributed by atoms with E-state index in [4.69, 9.17) is 4.74 Å². The average Bonchev–Trinajstić information content (AvgIpc) is 2.56. The standard InChI is InChI=1S/C17H25F3N4O2/c1-11-6-7-14(26-5)13(8-11)12(2)23-16(21-3)22-9-15(25)24(4)10-17(18,19)20/h6-8,12H,9-10H2,1-5H3,(H2,21,22,23). The zero-order chi connectivity index (χ0) is 19.9. The van der Waals surface area contributed by atoms with E-state index in [0.717, 1.165) is 18.2 Å². The number of ether oxygens (including phenoxy) is 1. The van der Waals surface area contributed by atoms with E-state index >= 15 is 0 Å². The van der Waals surface area contributed by atoms with E-state index < -0.39 is 18.6 Å². The molecule has 0 fully saturated rings. The molecule has 1 aromatic rings. The minimum atomic E-state index is -4.43. The molecule has 0 saturated carbocycles. The van der Waals surface area contributed by atoms with E-state index in [2.05, 4.69) is 15.6 Å². The van der Waals surface area contributed by atoms with Gasteiger partial charge in [0.25, 0.3) is 0 Å². The number of alkyl halides is 3. The Morgan fingerprint density at radius 2 is 2.04 bits per heavy atom. The van der Waals surface area contributed by atoms with Gasteiger partial charge >= 0.3 is 6.18 Å². The number of methoxy groups -OCH3 is 1. The monoisotopic (exact) mass is 374 g/mol. The van der Waals surface area contributed by atoms with E-state index in [9.17, 15) is 18.0 Å². The number of aryl methyl sites for hydroxylation is 1. The van der Waals surface area contributed by atoms with Gasteiger partial charge in [0.1, 0.15) is 12.3 Å². The number of aliphatic imine (C=N–C) groups is 1. The number of nitrogens with one attached hydrogen (secondary N) is 2. The second-order valence-corrected chi connectivity index (χ2v) is 5.90. The van der Waals surface area contributed by atoms with Gasteiger partial charge in [-0.15, -0.1) is 0 Å². The molecule has 9 heteroatoms. The number of guanidine groups is 1. The fraction of sp³-hybridized carbons (Fsp3) is 0.529. The normalized spacial score (nSPS) is 13.2. The van der Waals surface area contributed by atoms with Crippen molar-refractivity contribution in [2.75, 3.05) is 34.3 Å². The largest absolute Gasteiger partial charge is 0.496 e. The van der Waals surface area contributed by atoms with Crippen LogP contribution in [0.2, 0.25) is 0 Å². The summed E-state index contributed by atoms with van der Waals surface area (Å²) >= 11 is 0. The number of rotatable bonds is 6. The first-order valence-electron chi connectivity index (χ1n) is 7.99. The van der Waals surface area contributed by atoms with Crippen LogP contribution in [0.1, 0.15) is 24.1 Å². The molecule has 0 radical (unpaired) electrons. The van der Waals surface area contributed by atoms with Crippen molar-refractivity contribution in [3.05, 3.63) is 29.3 Å².